The van der Waals surface area contributed by atoms with Gasteiger partial charge in [0.15, 0.2) is 17.5 Å². The van der Waals surface area contributed by atoms with E-state index >= 15 is 0 Å². The number of pyridine rings is 1. The van der Waals surface area contributed by atoms with Gasteiger partial charge < -0.3 is 10.6 Å². The smallest absolute Gasteiger partial charge is 0.253 e. The minimum absolute atomic E-state index is 0.251. The topological polar surface area (TPSA) is 54.0 Å². The lowest BCUT2D eigenvalue weighted by Crippen LogP contribution is -2.40. The van der Waals surface area contributed by atoms with Crippen molar-refractivity contribution in [3.8, 4) is 0 Å². The number of carbonyl (C=O) groups is 1. The number of nitrogens with one attached hydrogen (secondary N) is 2. The first-order valence-electron chi connectivity index (χ1n) is 6.85. The zero-order valence-corrected chi connectivity index (χ0v) is 12.9. The molecular weight excluding hydrogens is 307 g/mol. The third-order valence-corrected chi connectivity index (χ3v) is 2.80. The number of carbonyl (C=O) groups excluding carboxylic acids is 1. The summed E-state index contributed by atoms with van der Waals surface area (Å²) >= 11 is 0. The fourth-order valence-electron chi connectivity index (χ4n) is 1.82. The average molecular weight is 323 g/mol. The van der Waals surface area contributed by atoms with Gasteiger partial charge in [-0.3, -0.25) is 9.78 Å². The number of hydrogen-bond acceptors (Lipinski definition) is 3. The van der Waals surface area contributed by atoms with Gasteiger partial charge in [0.05, 0.1) is 23.1 Å². The van der Waals surface area contributed by atoms with Gasteiger partial charge in [-0.25, -0.2) is 13.2 Å². The third kappa shape index (κ3) is 4.21. The molecule has 2 rings (SSSR count). The summed E-state index contributed by atoms with van der Waals surface area (Å²) in [6, 6.07) is 3.31. The summed E-state index contributed by atoms with van der Waals surface area (Å²) in [6.07, 6.45) is 2.70. The molecule has 23 heavy (non-hydrogen) atoms. The van der Waals surface area contributed by atoms with Crippen LogP contribution in [0.4, 0.5) is 24.5 Å². The highest BCUT2D eigenvalue weighted by atomic mass is 19.2. The molecule has 7 heteroatoms. The number of aromatic nitrogens is 1. The van der Waals surface area contributed by atoms with Crippen LogP contribution in [0.2, 0.25) is 0 Å². The first kappa shape index (κ1) is 16.8. The van der Waals surface area contributed by atoms with Crippen LogP contribution in [0.15, 0.2) is 30.6 Å². The lowest BCUT2D eigenvalue weighted by molar-refractivity contribution is 0.0919. The van der Waals surface area contributed by atoms with Crippen LogP contribution in [-0.4, -0.2) is 16.4 Å². The predicted octanol–water partition coefficient (Wildman–Crippen LogP) is 3.77. The largest absolute Gasteiger partial charge is 0.352 e. The quantitative estimate of drug-likeness (QED) is 0.846. The Hall–Kier alpha value is -2.57. The van der Waals surface area contributed by atoms with Crippen molar-refractivity contribution >= 4 is 17.3 Å². The first-order chi connectivity index (χ1) is 10.7. The number of rotatable bonds is 3. The van der Waals surface area contributed by atoms with Crippen LogP contribution in [0.1, 0.15) is 31.1 Å². The van der Waals surface area contributed by atoms with Gasteiger partial charge in [-0.15, -0.1) is 0 Å². The second-order valence-corrected chi connectivity index (χ2v) is 6.01. The Balaban J connectivity index is 2.24. The molecule has 0 saturated heterocycles. The molecule has 0 unspecified atom stereocenters. The summed E-state index contributed by atoms with van der Waals surface area (Å²) in [5.41, 5.74) is -0.143. The van der Waals surface area contributed by atoms with Gasteiger partial charge >= 0.3 is 0 Å². The van der Waals surface area contributed by atoms with E-state index < -0.39 is 23.0 Å². The SMILES string of the molecule is CC(C)(C)NC(=O)c1cncc(Nc2ccc(F)c(F)c2F)c1. The Morgan fingerprint density at radius 2 is 1.78 bits per heavy atom. The molecule has 2 aromatic rings. The maximum Gasteiger partial charge on any atom is 0.253 e. The molecule has 0 spiro atoms. The molecule has 0 atom stereocenters. The van der Waals surface area contributed by atoms with Gasteiger partial charge in [-0.2, -0.15) is 0 Å². The van der Waals surface area contributed by atoms with Crippen molar-refractivity contribution in [1.82, 2.24) is 10.3 Å². The molecular formula is C16H16F3N3O. The zero-order valence-electron chi connectivity index (χ0n) is 12.9. The number of anilines is 2. The summed E-state index contributed by atoms with van der Waals surface area (Å²) in [4.78, 5) is 16.0. The molecule has 0 saturated carbocycles. The second kappa shape index (κ2) is 6.28. The first-order valence-corrected chi connectivity index (χ1v) is 6.85. The van der Waals surface area contributed by atoms with Crippen LogP contribution in [0.3, 0.4) is 0 Å². The molecule has 0 radical (unpaired) electrons. The molecule has 1 heterocycles. The standard InChI is InChI=1S/C16H16F3N3O/c1-16(2,3)22-15(23)9-6-10(8-20-7-9)21-12-5-4-11(17)13(18)14(12)19/h4-8,21H,1-3H3,(H,22,23). The Bertz CT molecular complexity index is 742. The Morgan fingerprint density at radius 1 is 1.09 bits per heavy atom. The van der Waals surface area contributed by atoms with Crippen LogP contribution < -0.4 is 10.6 Å². The van der Waals surface area contributed by atoms with Crippen LogP contribution >= 0.6 is 0 Å². The lowest BCUT2D eigenvalue weighted by Gasteiger charge is -2.20. The van der Waals surface area contributed by atoms with E-state index in [0.29, 0.717) is 0 Å². The molecule has 1 aromatic heterocycles. The molecule has 122 valence electrons. The summed E-state index contributed by atoms with van der Waals surface area (Å²) in [6.45, 7) is 5.49. The van der Waals surface area contributed by atoms with Crippen molar-refractivity contribution in [2.24, 2.45) is 0 Å². The van der Waals surface area contributed by atoms with E-state index in [2.05, 4.69) is 15.6 Å². The minimum Gasteiger partial charge on any atom is -0.352 e. The van der Waals surface area contributed by atoms with Crippen LogP contribution in [0.5, 0.6) is 0 Å². The number of amides is 1. The number of halogens is 3. The normalized spacial score (nSPS) is 11.2. The van der Waals surface area contributed by atoms with Crippen molar-refractivity contribution in [2.75, 3.05) is 5.32 Å². The van der Waals surface area contributed by atoms with E-state index in [1.807, 2.05) is 20.8 Å². The maximum absolute atomic E-state index is 13.7. The lowest BCUT2D eigenvalue weighted by atomic mass is 10.1. The molecule has 0 aliphatic heterocycles. The van der Waals surface area contributed by atoms with Gasteiger partial charge in [0.1, 0.15) is 0 Å². The fraction of sp³-hybridized carbons (Fsp3) is 0.250. The van der Waals surface area contributed by atoms with E-state index in [0.717, 1.165) is 12.1 Å². The third-order valence-electron chi connectivity index (χ3n) is 2.80. The maximum atomic E-state index is 13.7. The zero-order chi connectivity index (χ0) is 17.2. The summed E-state index contributed by atoms with van der Waals surface area (Å²) < 4.78 is 39.8. The van der Waals surface area contributed by atoms with Gasteiger partial charge in [0.25, 0.3) is 5.91 Å². The van der Waals surface area contributed by atoms with Gasteiger partial charge in [0.2, 0.25) is 0 Å². The van der Waals surface area contributed by atoms with Crippen LogP contribution in [0.25, 0.3) is 0 Å². The number of hydrogen-bond donors (Lipinski definition) is 2. The molecule has 2 N–H and O–H groups in total. The van der Waals surface area contributed by atoms with E-state index in [9.17, 15) is 18.0 Å². The molecule has 4 nitrogen and oxygen atoms in total. The monoisotopic (exact) mass is 323 g/mol. The van der Waals surface area contributed by atoms with E-state index in [1.54, 1.807) is 0 Å². The number of benzene rings is 1. The predicted molar refractivity (Wildman–Crippen MR) is 81.1 cm³/mol. The summed E-state index contributed by atoms with van der Waals surface area (Å²) in [5.74, 6) is -4.52. The molecule has 1 aromatic carbocycles. The van der Waals surface area contributed by atoms with Crippen molar-refractivity contribution in [3.05, 3.63) is 53.6 Å². The van der Waals surface area contributed by atoms with Gasteiger partial charge in [-0.1, -0.05) is 0 Å². The Kier molecular flexibility index (Phi) is 4.58. The highest BCUT2D eigenvalue weighted by molar-refractivity contribution is 5.95. The van der Waals surface area contributed by atoms with Gasteiger partial charge in [0, 0.05) is 11.7 Å². The highest BCUT2D eigenvalue weighted by Crippen LogP contribution is 2.23. The van der Waals surface area contributed by atoms with E-state index in [-0.39, 0.29) is 22.8 Å². The van der Waals surface area contributed by atoms with Crippen LogP contribution in [0, 0.1) is 17.5 Å². The highest BCUT2D eigenvalue weighted by Gasteiger charge is 2.17. The Morgan fingerprint density at radius 3 is 2.43 bits per heavy atom. The van der Waals surface area contributed by atoms with Crippen molar-refractivity contribution in [1.29, 1.82) is 0 Å². The van der Waals surface area contributed by atoms with Crippen molar-refractivity contribution in [2.45, 2.75) is 26.3 Å². The van der Waals surface area contributed by atoms with Crippen molar-refractivity contribution in [3.63, 3.8) is 0 Å². The average Bonchev–Trinajstić information content (AvgIpc) is 2.46. The molecule has 0 fully saturated rings. The van der Waals surface area contributed by atoms with Gasteiger partial charge in [-0.05, 0) is 39.0 Å². The summed E-state index contributed by atoms with van der Waals surface area (Å²) in [5, 5.41) is 5.34. The molecule has 0 aliphatic rings. The number of nitrogens with zero attached hydrogens (tertiary/aromatic N) is 1. The van der Waals surface area contributed by atoms with Crippen LogP contribution in [-0.2, 0) is 0 Å². The molecule has 1 amide bonds. The summed E-state index contributed by atoms with van der Waals surface area (Å²) in [7, 11) is 0. The van der Waals surface area contributed by atoms with E-state index in [1.165, 1.54) is 18.5 Å². The Labute approximate surface area is 131 Å². The fourth-order valence-corrected chi connectivity index (χ4v) is 1.82. The molecule has 0 bridgehead atoms. The molecule has 0 aliphatic carbocycles. The van der Waals surface area contributed by atoms with E-state index in [4.69, 9.17) is 0 Å². The minimum atomic E-state index is -1.57. The second-order valence-electron chi connectivity index (χ2n) is 6.01. The van der Waals surface area contributed by atoms with Crippen molar-refractivity contribution < 1.29 is 18.0 Å².